The van der Waals surface area contributed by atoms with Crippen LogP contribution in [0.5, 0.6) is 11.5 Å². The summed E-state index contributed by atoms with van der Waals surface area (Å²) < 4.78 is 13.2. The number of nitrogens with zero attached hydrogens (tertiary/aromatic N) is 4. The Morgan fingerprint density at radius 1 is 0.338 bits per heavy atom. The number of ether oxygens (including phenoxy) is 1. The quantitative estimate of drug-likeness (QED) is 0.165. The average Bonchev–Trinajstić information content (AvgIpc) is 3.89. The Kier molecular flexibility index (Phi) is 7.51. The Labute approximate surface area is 373 Å². The van der Waals surface area contributed by atoms with Crippen molar-refractivity contribution in [1.29, 1.82) is 0 Å². The molecule has 1 aliphatic heterocycles. The Morgan fingerprint density at radius 2 is 0.954 bits per heavy atom. The van der Waals surface area contributed by atoms with E-state index < -0.39 is 5.41 Å². The molecule has 0 saturated heterocycles. The largest absolute Gasteiger partial charge is 0.457 e. The lowest BCUT2D eigenvalue weighted by molar-refractivity contribution is 0.436. The van der Waals surface area contributed by atoms with Gasteiger partial charge < -0.3 is 9.15 Å². The summed E-state index contributed by atoms with van der Waals surface area (Å²) in [7, 11) is 0. The second-order valence-electron chi connectivity index (χ2n) is 16.8. The maximum Gasteiger partial charge on any atom is 0.167 e. The van der Waals surface area contributed by atoms with Crippen molar-refractivity contribution >= 4 is 43.6 Å². The molecule has 9 aromatic carbocycles. The molecule has 0 unspecified atom stereocenters. The monoisotopic (exact) mass is 830 g/mol. The Bertz CT molecular complexity index is 3890. The van der Waals surface area contributed by atoms with E-state index >= 15 is 0 Å². The van der Waals surface area contributed by atoms with Crippen molar-refractivity contribution in [2.24, 2.45) is 0 Å². The van der Waals surface area contributed by atoms with Crippen molar-refractivity contribution in [2.45, 2.75) is 5.41 Å². The number of pyridine rings is 1. The average molecular weight is 831 g/mol. The van der Waals surface area contributed by atoms with Gasteiger partial charge in [-0.15, -0.1) is 0 Å². The molecular formula is C59H34N4O2. The number of rotatable bonds is 4. The molecule has 6 heteroatoms. The van der Waals surface area contributed by atoms with Crippen LogP contribution in [0.1, 0.15) is 22.3 Å². The molecule has 1 spiro atoms. The van der Waals surface area contributed by atoms with Crippen LogP contribution in [0.3, 0.4) is 0 Å². The highest BCUT2D eigenvalue weighted by atomic mass is 16.5. The van der Waals surface area contributed by atoms with Gasteiger partial charge in [0.1, 0.15) is 22.7 Å². The van der Waals surface area contributed by atoms with Crippen LogP contribution in [0, 0.1) is 0 Å². The highest BCUT2D eigenvalue weighted by Gasteiger charge is 2.51. The van der Waals surface area contributed by atoms with E-state index in [1.54, 1.807) is 0 Å². The summed E-state index contributed by atoms with van der Waals surface area (Å²) in [5.74, 6) is 3.39. The standard InChI is InChI=1S/C59H34N4O2/c1-3-16-35(17-4-1)54-45-33-43-38-20-7-9-24-46(38)59(47-25-10-13-28-52(47)64-53-29-14-11-26-48(53)59)49(43)34-42(45)44-32-37(30-31-50(44)60-54)57-61-56(36-18-5-2-6-19-36)62-58(63-57)41-23-15-22-40-39-21-8-12-27-51(39)65-55(40)41/h1-34H. The van der Waals surface area contributed by atoms with E-state index in [0.29, 0.717) is 17.5 Å². The van der Waals surface area contributed by atoms with Crippen molar-refractivity contribution in [3.63, 3.8) is 0 Å². The molecule has 1 aliphatic carbocycles. The van der Waals surface area contributed by atoms with Gasteiger partial charge in [0.25, 0.3) is 0 Å². The number of furan rings is 1. The highest BCUT2D eigenvalue weighted by Crippen LogP contribution is 2.62. The van der Waals surface area contributed by atoms with Gasteiger partial charge in [0.2, 0.25) is 0 Å². The molecule has 2 aliphatic rings. The molecule has 0 fully saturated rings. The second-order valence-corrected chi connectivity index (χ2v) is 16.8. The van der Waals surface area contributed by atoms with Crippen LogP contribution in [0.4, 0.5) is 0 Å². The molecule has 12 aromatic rings. The molecule has 14 rings (SSSR count). The zero-order valence-corrected chi connectivity index (χ0v) is 34.7. The fraction of sp³-hybridized carbons (Fsp3) is 0.0169. The summed E-state index contributed by atoms with van der Waals surface area (Å²) in [5.41, 5.74) is 13.4. The predicted octanol–water partition coefficient (Wildman–Crippen LogP) is 14.6. The molecule has 4 heterocycles. The molecule has 3 aromatic heterocycles. The minimum Gasteiger partial charge on any atom is -0.457 e. The SMILES string of the molecule is c1ccc(-c2nc(-c3ccc4nc(-c5ccccc5)c5cc6c(cc5c4c3)C3(c4ccccc4Oc4ccccc43)c3ccccc3-6)nc(-c3cccc4c3oc3ccccc34)n2)cc1. The van der Waals surface area contributed by atoms with Crippen molar-refractivity contribution < 1.29 is 9.15 Å². The number of hydrogen-bond donors (Lipinski definition) is 0. The van der Waals surface area contributed by atoms with Gasteiger partial charge >= 0.3 is 0 Å². The van der Waals surface area contributed by atoms with Gasteiger partial charge in [0.05, 0.1) is 22.2 Å². The summed E-state index contributed by atoms with van der Waals surface area (Å²) in [5, 5.41) is 5.23. The van der Waals surface area contributed by atoms with E-state index in [9.17, 15) is 0 Å². The minimum absolute atomic E-state index is 0.537. The summed E-state index contributed by atoms with van der Waals surface area (Å²) in [6.07, 6.45) is 0. The summed E-state index contributed by atoms with van der Waals surface area (Å²) in [6.45, 7) is 0. The second kappa shape index (κ2) is 13.6. The first-order chi connectivity index (χ1) is 32.2. The molecule has 0 radical (unpaired) electrons. The van der Waals surface area contributed by atoms with Gasteiger partial charge in [-0.1, -0.05) is 152 Å². The van der Waals surface area contributed by atoms with Crippen molar-refractivity contribution in [3.05, 3.63) is 229 Å². The molecule has 0 N–H and O–H groups in total. The molecule has 6 nitrogen and oxygen atoms in total. The van der Waals surface area contributed by atoms with Crippen LogP contribution in [-0.4, -0.2) is 19.9 Å². The fourth-order valence-corrected chi connectivity index (χ4v) is 10.6. The lowest BCUT2D eigenvalue weighted by atomic mass is 9.66. The normalized spacial score (nSPS) is 13.2. The van der Waals surface area contributed by atoms with Crippen molar-refractivity contribution in [3.8, 4) is 68.0 Å². The third kappa shape index (κ3) is 5.16. The predicted molar refractivity (Wildman–Crippen MR) is 259 cm³/mol. The van der Waals surface area contributed by atoms with Gasteiger partial charge in [-0.3, -0.25) is 0 Å². The van der Waals surface area contributed by atoms with Gasteiger partial charge in [-0.25, -0.2) is 19.9 Å². The fourth-order valence-electron chi connectivity index (χ4n) is 10.6. The van der Waals surface area contributed by atoms with E-state index in [2.05, 4.69) is 146 Å². The Hall–Kier alpha value is -8.74. The summed E-state index contributed by atoms with van der Waals surface area (Å²) in [4.78, 5) is 21.0. The number of fused-ring (bicyclic) bond motifs is 15. The van der Waals surface area contributed by atoms with Crippen molar-refractivity contribution in [2.75, 3.05) is 0 Å². The van der Waals surface area contributed by atoms with E-state index in [1.807, 2.05) is 60.7 Å². The topological polar surface area (TPSA) is 73.9 Å². The van der Waals surface area contributed by atoms with Crippen LogP contribution < -0.4 is 4.74 Å². The van der Waals surface area contributed by atoms with E-state index in [0.717, 1.165) is 94.2 Å². The van der Waals surface area contributed by atoms with Crippen LogP contribution in [0.15, 0.2) is 211 Å². The zero-order chi connectivity index (χ0) is 42.6. The Balaban J connectivity index is 1.06. The van der Waals surface area contributed by atoms with Crippen LogP contribution in [-0.2, 0) is 5.41 Å². The minimum atomic E-state index is -0.628. The third-order valence-corrected chi connectivity index (χ3v) is 13.4. The van der Waals surface area contributed by atoms with Gasteiger partial charge in [-0.05, 0) is 82.2 Å². The highest BCUT2D eigenvalue weighted by molar-refractivity contribution is 6.14. The maximum absolute atomic E-state index is 6.68. The lowest BCUT2D eigenvalue weighted by Gasteiger charge is -2.39. The van der Waals surface area contributed by atoms with Gasteiger partial charge in [-0.2, -0.15) is 0 Å². The molecule has 302 valence electrons. The van der Waals surface area contributed by atoms with Gasteiger partial charge in [0.15, 0.2) is 17.5 Å². The molecule has 0 bridgehead atoms. The lowest BCUT2D eigenvalue weighted by Crippen LogP contribution is -2.32. The van der Waals surface area contributed by atoms with Crippen molar-refractivity contribution in [1.82, 2.24) is 19.9 Å². The first-order valence-corrected chi connectivity index (χ1v) is 21.9. The Morgan fingerprint density at radius 3 is 1.74 bits per heavy atom. The van der Waals surface area contributed by atoms with E-state index in [1.165, 1.54) is 22.3 Å². The van der Waals surface area contributed by atoms with Gasteiger partial charge in [0, 0.05) is 49.4 Å². The van der Waals surface area contributed by atoms with E-state index in [4.69, 9.17) is 29.1 Å². The summed E-state index contributed by atoms with van der Waals surface area (Å²) in [6, 6.07) is 72.0. The molecule has 0 amide bonds. The smallest absolute Gasteiger partial charge is 0.167 e. The van der Waals surface area contributed by atoms with Crippen LogP contribution in [0.2, 0.25) is 0 Å². The van der Waals surface area contributed by atoms with Crippen LogP contribution >= 0.6 is 0 Å². The number of hydrogen-bond acceptors (Lipinski definition) is 6. The van der Waals surface area contributed by atoms with Crippen LogP contribution in [0.25, 0.3) is 100 Å². The summed E-state index contributed by atoms with van der Waals surface area (Å²) >= 11 is 0. The molecule has 65 heavy (non-hydrogen) atoms. The zero-order valence-electron chi connectivity index (χ0n) is 34.7. The first-order valence-electron chi connectivity index (χ1n) is 21.9. The maximum atomic E-state index is 6.68. The number of benzene rings is 9. The molecule has 0 saturated carbocycles. The third-order valence-electron chi connectivity index (χ3n) is 13.4. The molecule has 0 atom stereocenters. The molecular weight excluding hydrogens is 797 g/mol. The number of para-hydroxylation sites is 4. The number of aromatic nitrogens is 4. The van der Waals surface area contributed by atoms with E-state index in [-0.39, 0.29) is 0 Å². The first kappa shape index (κ1) is 35.8.